The number of hydrogen-bond donors (Lipinski definition) is 1. The largest absolute Gasteiger partial charge is 0.272 e. The standard InChI is InChI=1S/C25H23Cl4N3O3S/c1-15-9-16(2)25(17(3)10-15)36(34,35)32(13-18-7-8-22(28)23(29)11-18)14-24(33)31-30-12-19-20(26)5-4-6-21(19)27/h4-12H,13-14H2,1-3H3,(H,31,33)/b30-12+. The van der Waals surface area contributed by atoms with Gasteiger partial charge in [0.25, 0.3) is 5.91 Å². The summed E-state index contributed by atoms with van der Waals surface area (Å²) >= 11 is 24.4. The zero-order chi connectivity index (χ0) is 26.6. The summed E-state index contributed by atoms with van der Waals surface area (Å²) < 4.78 is 28.6. The summed E-state index contributed by atoms with van der Waals surface area (Å²) in [6.07, 6.45) is 1.30. The first kappa shape index (κ1) is 28.4. The first-order valence-electron chi connectivity index (χ1n) is 10.7. The maximum atomic E-state index is 13.8. The third-order valence-corrected chi connectivity index (χ3v) is 8.74. The lowest BCUT2D eigenvalue weighted by Crippen LogP contribution is -2.39. The highest BCUT2D eigenvalue weighted by molar-refractivity contribution is 7.89. The minimum Gasteiger partial charge on any atom is -0.272 e. The van der Waals surface area contributed by atoms with Crippen LogP contribution in [0.5, 0.6) is 0 Å². The third kappa shape index (κ3) is 6.79. The smallest absolute Gasteiger partial charge is 0.255 e. The molecule has 0 unspecified atom stereocenters. The molecular weight excluding hydrogens is 564 g/mol. The fraction of sp³-hybridized carbons (Fsp3) is 0.200. The monoisotopic (exact) mass is 585 g/mol. The molecule has 190 valence electrons. The fourth-order valence-corrected chi connectivity index (χ4v) is 6.38. The highest BCUT2D eigenvalue weighted by Gasteiger charge is 2.30. The molecule has 0 bridgehead atoms. The second kappa shape index (κ2) is 11.9. The fourth-order valence-electron chi connectivity index (χ4n) is 3.77. The number of rotatable bonds is 8. The van der Waals surface area contributed by atoms with Crippen molar-refractivity contribution in [2.24, 2.45) is 5.10 Å². The number of carbonyl (C=O) groups is 1. The van der Waals surface area contributed by atoms with Crippen molar-refractivity contribution in [1.29, 1.82) is 0 Å². The minimum absolute atomic E-state index is 0.112. The molecule has 11 heteroatoms. The van der Waals surface area contributed by atoms with Crippen LogP contribution in [0.4, 0.5) is 0 Å². The second-order valence-electron chi connectivity index (χ2n) is 8.18. The van der Waals surface area contributed by atoms with Crippen molar-refractivity contribution in [3.05, 3.63) is 96.4 Å². The molecule has 0 saturated carbocycles. The molecule has 6 nitrogen and oxygen atoms in total. The van der Waals surface area contributed by atoms with Crippen LogP contribution in [0.3, 0.4) is 0 Å². The van der Waals surface area contributed by atoms with E-state index in [1.165, 1.54) is 6.21 Å². The summed E-state index contributed by atoms with van der Waals surface area (Å²) in [4.78, 5) is 12.9. The Bertz CT molecular complexity index is 1400. The van der Waals surface area contributed by atoms with Gasteiger partial charge in [0.15, 0.2) is 0 Å². The van der Waals surface area contributed by atoms with Crippen molar-refractivity contribution in [2.75, 3.05) is 6.54 Å². The van der Waals surface area contributed by atoms with E-state index >= 15 is 0 Å². The molecule has 1 N–H and O–H groups in total. The van der Waals surface area contributed by atoms with Crippen molar-refractivity contribution in [1.82, 2.24) is 9.73 Å². The van der Waals surface area contributed by atoms with Gasteiger partial charge in [-0.15, -0.1) is 0 Å². The van der Waals surface area contributed by atoms with Crippen LogP contribution >= 0.6 is 46.4 Å². The lowest BCUT2D eigenvalue weighted by Gasteiger charge is -2.24. The molecule has 36 heavy (non-hydrogen) atoms. The first-order valence-corrected chi connectivity index (χ1v) is 13.6. The molecule has 3 aromatic rings. The van der Waals surface area contributed by atoms with E-state index in [1.54, 1.807) is 62.4 Å². The number of nitrogens with zero attached hydrogens (tertiary/aromatic N) is 2. The van der Waals surface area contributed by atoms with Crippen molar-refractivity contribution < 1.29 is 13.2 Å². The molecular formula is C25H23Cl4N3O3S. The molecule has 1 amide bonds. The Balaban J connectivity index is 1.92. The van der Waals surface area contributed by atoms with Crippen LogP contribution in [0.15, 0.2) is 58.5 Å². The quantitative estimate of drug-likeness (QED) is 0.239. The van der Waals surface area contributed by atoms with Gasteiger partial charge in [0.2, 0.25) is 10.0 Å². The summed E-state index contributed by atoms with van der Waals surface area (Å²) in [5, 5.41) is 5.23. The normalized spacial score (nSPS) is 11.9. The first-order chi connectivity index (χ1) is 16.9. The van der Waals surface area contributed by atoms with Crippen LogP contribution in [-0.2, 0) is 21.4 Å². The van der Waals surface area contributed by atoms with Gasteiger partial charge in [0, 0.05) is 12.1 Å². The van der Waals surface area contributed by atoms with Crippen LogP contribution in [0.25, 0.3) is 0 Å². The number of carbonyl (C=O) groups excluding carboxylic acids is 1. The molecule has 0 aliphatic rings. The van der Waals surface area contributed by atoms with E-state index in [9.17, 15) is 13.2 Å². The Morgan fingerprint density at radius 1 is 0.917 bits per heavy atom. The zero-order valence-electron chi connectivity index (χ0n) is 19.6. The summed E-state index contributed by atoms with van der Waals surface area (Å²) in [7, 11) is -4.08. The highest BCUT2D eigenvalue weighted by atomic mass is 35.5. The van der Waals surface area contributed by atoms with Gasteiger partial charge in [0.1, 0.15) is 0 Å². The molecule has 0 spiro atoms. The van der Waals surface area contributed by atoms with Crippen LogP contribution < -0.4 is 5.43 Å². The molecule has 0 saturated heterocycles. The van der Waals surface area contributed by atoms with E-state index in [1.807, 2.05) is 6.92 Å². The minimum atomic E-state index is -4.08. The SMILES string of the molecule is Cc1cc(C)c(S(=O)(=O)N(CC(=O)N/N=C/c2c(Cl)cccc2Cl)Cc2ccc(Cl)c(Cl)c2)c(C)c1. The molecule has 0 radical (unpaired) electrons. The van der Waals surface area contributed by atoms with Gasteiger partial charge >= 0.3 is 0 Å². The van der Waals surface area contributed by atoms with Crippen molar-refractivity contribution in [2.45, 2.75) is 32.2 Å². The van der Waals surface area contributed by atoms with Crippen LogP contribution in [0.2, 0.25) is 20.1 Å². The zero-order valence-corrected chi connectivity index (χ0v) is 23.5. The molecule has 0 aliphatic carbocycles. The van der Waals surface area contributed by atoms with Crippen LogP contribution in [-0.4, -0.2) is 31.4 Å². The summed E-state index contributed by atoms with van der Waals surface area (Å²) in [6, 6.07) is 13.3. The number of aryl methyl sites for hydroxylation is 3. The van der Waals surface area contributed by atoms with Gasteiger partial charge in [-0.3, -0.25) is 4.79 Å². The Labute approximate surface area is 230 Å². The average molecular weight is 587 g/mol. The lowest BCUT2D eigenvalue weighted by atomic mass is 10.1. The van der Waals surface area contributed by atoms with E-state index in [-0.39, 0.29) is 16.5 Å². The average Bonchev–Trinajstić information content (AvgIpc) is 2.77. The number of halogens is 4. The van der Waals surface area contributed by atoms with E-state index in [0.717, 1.165) is 9.87 Å². The Morgan fingerprint density at radius 2 is 1.53 bits per heavy atom. The topological polar surface area (TPSA) is 78.8 Å². The summed E-state index contributed by atoms with van der Waals surface area (Å²) in [5.41, 5.74) is 5.43. The third-order valence-electron chi connectivity index (χ3n) is 5.25. The Hall–Kier alpha value is -2.13. The molecule has 3 rings (SSSR count). The molecule has 0 heterocycles. The molecule has 0 aromatic heterocycles. The molecule has 0 atom stereocenters. The van der Waals surface area contributed by atoms with Crippen molar-refractivity contribution in [3.8, 4) is 0 Å². The van der Waals surface area contributed by atoms with Gasteiger partial charge in [-0.25, -0.2) is 13.8 Å². The Kier molecular flexibility index (Phi) is 9.44. The van der Waals surface area contributed by atoms with Gasteiger partial charge in [-0.1, -0.05) is 76.2 Å². The number of amides is 1. The predicted molar refractivity (Wildman–Crippen MR) is 147 cm³/mol. The second-order valence-corrected chi connectivity index (χ2v) is 11.7. The lowest BCUT2D eigenvalue weighted by molar-refractivity contribution is -0.121. The van der Waals surface area contributed by atoms with E-state index in [4.69, 9.17) is 46.4 Å². The van der Waals surface area contributed by atoms with E-state index < -0.39 is 22.5 Å². The van der Waals surface area contributed by atoms with Crippen LogP contribution in [0, 0.1) is 20.8 Å². The van der Waals surface area contributed by atoms with Crippen molar-refractivity contribution in [3.63, 3.8) is 0 Å². The van der Waals surface area contributed by atoms with Gasteiger partial charge in [0.05, 0.1) is 37.7 Å². The maximum Gasteiger partial charge on any atom is 0.255 e. The van der Waals surface area contributed by atoms with Gasteiger partial charge < -0.3 is 0 Å². The number of benzene rings is 3. The maximum absolute atomic E-state index is 13.8. The summed E-state index contributed by atoms with van der Waals surface area (Å²) in [6.45, 7) is 4.73. The Morgan fingerprint density at radius 3 is 2.11 bits per heavy atom. The molecule has 0 fully saturated rings. The predicted octanol–water partition coefficient (Wildman–Crippen LogP) is 6.57. The van der Waals surface area contributed by atoms with Gasteiger partial charge in [-0.05, 0) is 61.7 Å². The number of hydrazone groups is 1. The molecule has 3 aromatic carbocycles. The summed E-state index contributed by atoms with van der Waals surface area (Å²) in [5.74, 6) is -0.652. The number of hydrogen-bond acceptors (Lipinski definition) is 4. The van der Waals surface area contributed by atoms with E-state index in [2.05, 4.69) is 10.5 Å². The molecule has 0 aliphatic heterocycles. The van der Waals surface area contributed by atoms with Gasteiger partial charge in [-0.2, -0.15) is 9.41 Å². The van der Waals surface area contributed by atoms with Crippen molar-refractivity contribution >= 4 is 68.5 Å². The van der Waals surface area contributed by atoms with Crippen LogP contribution in [0.1, 0.15) is 27.8 Å². The van der Waals surface area contributed by atoms with E-state index in [0.29, 0.717) is 37.3 Å². The highest BCUT2D eigenvalue weighted by Crippen LogP contribution is 2.28. The number of sulfonamides is 1. The number of nitrogens with one attached hydrogen (secondary N) is 1.